The summed E-state index contributed by atoms with van der Waals surface area (Å²) in [7, 11) is 0. The van der Waals surface area contributed by atoms with Crippen LogP contribution >= 0.6 is 0 Å². The summed E-state index contributed by atoms with van der Waals surface area (Å²) in [5.74, 6) is -0.781. The van der Waals surface area contributed by atoms with Gasteiger partial charge >= 0.3 is 0 Å². The van der Waals surface area contributed by atoms with E-state index in [4.69, 9.17) is 28.4 Å². The number of hydrogen-bond acceptors (Lipinski definition) is 9. The molecule has 0 bridgehead atoms. The van der Waals surface area contributed by atoms with E-state index in [2.05, 4.69) is 42.6 Å². The summed E-state index contributed by atoms with van der Waals surface area (Å²) in [5, 5.41) is 7.70. The predicted octanol–water partition coefficient (Wildman–Crippen LogP) is 2.60. The van der Waals surface area contributed by atoms with Crippen LogP contribution in [0.4, 0.5) is 0 Å². The van der Waals surface area contributed by atoms with Crippen LogP contribution in [0.1, 0.15) is 51.9 Å². The highest BCUT2D eigenvalue weighted by Crippen LogP contribution is 2.24. The summed E-state index contributed by atoms with van der Waals surface area (Å²) in [6, 6.07) is 0. The SMILES string of the molecule is C=CC(=O)NCOCCCCOCC(CC)(COCCCCOCNC(=O)C=C)COCCCCOCNC(=O)C=C. The van der Waals surface area contributed by atoms with Crippen molar-refractivity contribution in [3.05, 3.63) is 38.0 Å². The van der Waals surface area contributed by atoms with E-state index in [0.29, 0.717) is 59.5 Å². The predicted molar refractivity (Wildman–Crippen MR) is 160 cm³/mol. The van der Waals surface area contributed by atoms with Crippen molar-refractivity contribution in [1.82, 2.24) is 16.0 Å². The van der Waals surface area contributed by atoms with Crippen LogP contribution in [0.2, 0.25) is 0 Å². The average Bonchev–Trinajstić information content (AvgIpc) is 3.01. The molecule has 0 saturated heterocycles. The number of carbonyl (C=O) groups is 3. The fourth-order valence-electron chi connectivity index (χ4n) is 3.32. The molecule has 3 amide bonds. The normalized spacial score (nSPS) is 11.1. The largest absolute Gasteiger partial charge is 0.381 e. The van der Waals surface area contributed by atoms with Crippen LogP contribution in [-0.4, -0.2) is 97.4 Å². The Balaban J connectivity index is 4.35. The first kappa shape index (κ1) is 39.4. The Bertz CT molecular complexity index is 656. The molecule has 242 valence electrons. The third-order valence-electron chi connectivity index (χ3n) is 6.06. The van der Waals surface area contributed by atoms with Crippen molar-refractivity contribution < 1.29 is 42.8 Å². The van der Waals surface area contributed by atoms with E-state index < -0.39 is 0 Å². The first-order chi connectivity index (χ1) is 20.4. The number of carbonyl (C=O) groups excluding carboxylic acids is 3. The van der Waals surface area contributed by atoms with Crippen LogP contribution in [0.5, 0.6) is 0 Å². The molecule has 0 fully saturated rings. The smallest absolute Gasteiger partial charge is 0.245 e. The number of unbranched alkanes of at least 4 members (excludes halogenated alkanes) is 3. The van der Waals surface area contributed by atoms with Crippen LogP contribution in [0.15, 0.2) is 38.0 Å². The topological polar surface area (TPSA) is 143 Å². The minimum Gasteiger partial charge on any atom is -0.381 e. The second kappa shape index (κ2) is 28.5. The lowest BCUT2D eigenvalue weighted by Gasteiger charge is -2.32. The zero-order chi connectivity index (χ0) is 31.2. The van der Waals surface area contributed by atoms with Crippen LogP contribution in [0.3, 0.4) is 0 Å². The summed E-state index contributed by atoms with van der Waals surface area (Å²) in [6.45, 7) is 17.7. The fraction of sp³-hybridized carbons (Fsp3) is 0.700. The molecule has 0 radical (unpaired) electrons. The van der Waals surface area contributed by atoms with E-state index in [0.717, 1.165) is 44.9 Å². The van der Waals surface area contributed by atoms with Crippen LogP contribution in [0.25, 0.3) is 0 Å². The molecule has 0 aromatic carbocycles. The lowest BCUT2D eigenvalue weighted by Crippen LogP contribution is -2.37. The number of amides is 3. The quantitative estimate of drug-likeness (QED) is 0.0623. The third kappa shape index (κ3) is 24.0. The second-order valence-electron chi connectivity index (χ2n) is 9.53. The number of nitrogens with one attached hydrogen (secondary N) is 3. The molecule has 0 saturated carbocycles. The maximum absolute atomic E-state index is 11.1. The van der Waals surface area contributed by atoms with E-state index in [1.54, 1.807) is 0 Å². The van der Waals surface area contributed by atoms with Gasteiger partial charge in [0.25, 0.3) is 0 Å². The monoisotopic (exact) mass is 599 g/mol. The summed E-state index contributed by atoms with van der Waals surface area (Å²) < 4.78 is 34.2. The Hall–Kier alpha value is -2.61. The lowest BCUT2D eigenvalue weighted by molar-refractivity contribution is -0.119. The minimum absolute atomic E-state index is 0.162. The van der Waals surface area contributed by atoms with Crippen molar-refractivity contribution in [1.29, 1.82) is 0 Å². The Morgan fingerprint density at radius 2 is 0.786 bits per heavy atom. The Kier molecular flexibility index (Phi) is 26.7. The maximum Gasteiger partial charge on any atom is 0.245 e. The van der Waals surface area contributed by atoms with Crippen molar-refractivity contribution in [2.75, 3.05) is 79.7 Å². The molecule has 0 aliphatic carbocycles. The molecule has 0 rings (SSSR count). The van der Waals surface area contributed by atoms with Gasteiger partial charge in [-0.1, -0.05) is 26.7 Å². The third-order valence-corrected chi connectivity index (χ3v) is 6.06. The van der Waals surface area contributed by atoms with E-state index >= 15 is 0 Å². The molecule has 0 spiro atoms. The van der Waals surface area contributed by atoms with Gasteiger partial charge < -0.3 is 44.4 Å². The van der Waals surface area contributed by atoms with Gasteiger partial charge in [0, 0.05) is 45.1 Å². The summed E-state index contributed by atoms with van der Waals surface area (Å²) in [5.41, 5.74) is -0.275. The van der Waals surface area contributed by atoms with Crippen molar-refractivity contribution in [2.45, 2.75) is 51.9 Å². The average molecular weight is 600 g/mol. The molecule has 0 heterocycles. The van der Waals surface area contributed by atoms with Gasteiger partial charge in [0.05, 0.1) is 19.8 Å². The molecular weight excluding hydrogens is 546 g/mol. The zero-order valence-electron chi connectivity index (χ0n) is 25.5. The van der Waals surface area contributed by atoms with Crippen LogP contribution in [0, 0.1) is 5.41 Å². The highest BCUT2D eigenvalue weighted by molar-refractivity contribution is 5.87. The highest BCUT2D eigenvalue weighted by atomic mass is 16.5. The van der Waals surface area contributed by atoms with Crippen molar-refractivity contribution in [2.24, 2.45) is 5.41 Å². The highest BCUT2D eigenvalue weighted by Gasteiger charge is 2.29. The molecule has 0 aromatic rings. The van der Waals surface area contributed by atoms with E-state index in [9.17, 15) is 14.4 Å². The van der Waals surface area contributed by atoms with Gasteiger partial charge in [-0.15, -0.1) is 0 Å². The van der Waals surface area contributed by atoms with Crippen LogP contribution in [-0.2, 0) is 42.8 Å². The number of ether oxygens (including phenoxy) is 6. The van der Waals surface area contributed by atoms with Gasteiger partial charge in [-0.25, -0.2) is 0 Å². The van der Waals surface area contributed by atoms with Crippen LogP contribution < -0.4 is 16.0 Å². The molecule has 0 atom stereocenters. The Labute approximate surface area is 251 Å². The summed E-state index contributed by atoms with van der Waals surface area (Å²) >= 11 is 0. The van der Waals surface area contributed by atoms with E-state index in [1.807, 2.05) is 0 Å². The molecule has 12 nitrogen and oxygen atoms in total. The first-order valence-electron chi connectivity index (χ1n) is 14.6. The van der Waals surface area contributed by atoms with Gasteiger partial charge in [0.1, 0.15) is 20.2 Å². The van der Waals surface area contributed by atoms with Gasteiger partial charge in [0.15, 0.2) is 0 Å². The zero-order valence-corrected chi connectivity index (χ0v) is 25.5. The van der Waals surface area contributed by atoms with Gasteiger partial charge in [-0.3, -0.25) is 14.4 Å². The van der Waals surface area contributed by atoms with Crippen molar-refractivity contribution in [3.63, 3.8) is 0 Å². The standard InChI is InChI=1S/C30H53N3O9/c1-5-27(34)31-24-40-18-12-9-15-37-21-30(8-4,22-38-16-10-13-19-41-25-32-28(35)6-2)23-39-17-11-14-20-42-26-33-29(36)7-3/h5-7H,1-3,8-26H2,4H3,(H,31,34)(H,32,35)(H,33,36). The molecule has 12 heteroatoms. The van der Waals surface area contributed by atoms with E-state index in [-0.39, 0.29) is 43.3 Å². The Morgan fingerprint density at radius 3 is 1.02 bits per heavy atom. The molecule has 0 aliphatic heterocycles. The Morgan fingerprint density at radius 1 is 0.524 bits per heavy atom. The number of hydrogen-bond donors (Lipinski definition) is 3. The number of rotatable bonds is 31. The minimum atomic E-state index is -0.275. The molecule has 0 aromatic heterocycles. The molecule has 0 aliphatic rings. The summed E-state index contributed by atoms with van der Waals surface area (Å²) in [6.07, 6.45) is 9.38. The fourth-order valence-corrected chi connectivity index (χ4v) is 3.32. The molecule has 42 heavy (non-hydrogen) atoms. The summed E-state index contributed by atoms with van der Waals surface area (Å²) in [4.78, 5) is 33.3. The first-order valence-corrected chi connectivity index (χ1v) is 14.6. The lowest BCUT2D eigenvalue weighted by atomic mass is 9.88. The van der Waals surface area contributed by atoms with E-state index in [1.165, 1.54) is 18.2 Å². The van der Waals surface area contributed by atoms with Gasteiger partial charge in [0.2, 0.25) is 17.7 Å². The molecule has 0 unspecified atom stereocenters. The van der Waals surface area contributed by atoms with Gasteiger partial charge in [-0.2, -0.15) is 0 Å². The van der Waals surface area contributed by atoms with Crippen molar-refractivity contribution in [3.8, 4) is 0 Å². The molecule has 3 N–H and O–H groups in total. The molecular formula is C30H53N3O9. The van der Waals surface area contributed by atoms with Gasteiger partial charge in [-0.05, 0) is 63.2 Å². The maximum atomic E-state index is 11.1. The second-order valence-corrected chi connectivity index (χ2v) is 9.53. The van der Waals surface area contributed by atoms with Crippen molar-refractivity contribution >= 4 is 17.7 Å².